The molecule has 1 rings (SSSR count). The quantitative estimate of drug-likeness (QED) is 0.706. The highest BCUT2D eigenvalue weighted by Crippen LogP contribution is 2.02. The van der Waals surface area contributed by atoms with Crippen molar-refractivity contribution in [1.29, 1.82) is 0 Å². The van der Waals surface area contributed by atoms with E-state index in [9.17, 15) is 4.79 Å². The summed E-state index contributed by atoms with van der Waals surface area (Å²) in [7, 11) is 0. The number of hydrogen-bond donors (Lipinski definition) is 0. The number of hydrogen-bond acceptors (Lipinski definition) is 2. The summed E-state index contributed by atoms with van der Waals surface area (Å²) in [5.74, 6) is 0.309. The zero-order valence-electron chi connectivity index (χ0n) is 8.21. The molecule has 0 bridgehead atoms. The Morgan fingerprint density at radius 2 is 2.23 bits per heavy atom. The molecule has 0 N–H and O–H groups in total. The van der Waals surface area contributed by atoms with Crippen molar-refractivity contribution in [2.75, 3.05) is 0 Å². The van der Waals surface area contributed by atoms with Gasteiger partial charge in [-0.3, -0.25) is 9.78 Å². The highest BCUT2D eigenvalue weighted by atomic mass is 16.1. The predicted molar refractivity (Wildman–Crippen MR) is 52.6 cm³/mol. The standard InChI is InChI=1S/C11H15NO/c1-3-11(13)8-7-10-6-4-5-9(2)12-10/h4-6H,3,7-8H2,1-2H3. The van der Waals surface area contributed by atoms with Gasteiger partial charge in [-0.05, 0) is 25.5 Å². The first-order chi connectivity index (χ1) is 6.22. The minimum absolute atomic E-state index is 0.309. The summed E-state index contributed by atoms with van der Waals surface area (Å²) in [5, 5.41) is 0. The fourth-order valence-corrected chi connectivity index (χ4v) is 1.18. The van der Waals surface area contributed by atoms with Crippen molar-refractivity contribution < 1.29 is 4.79 Å². The topological polar surface area (TPSA) is 30.0 Å². The fourth-order valence-electron chi connectivity index (χ4n) is 1.18. The van der Waals surface area contributed by atoms with Crippen molar-refractivity contribution in [3.63, 3.8) is 0 Å². The van der Waals surface area contributed by atoms with E-state index >= 15 is 0 Å². The fraction of sp³-hybridized carbons (Fsp3) is 0.455. The molecule has 2 heteroatoms. The van der Waals surface area contributed by atoms with Crippen LogP contribution in [0.15, 0.2) is 18.2 Å². The van der Waals surface area contributed by atoms with E-state index < -0.39 is 0 Å². The van der Waals surface area contributed by atoms with Crippen LogP contribution in [0.1, 0.15) is 31.2 Å². The third-order valence-corrected chi connectivity index (χ3v) is 2.00. The van der Waals surface area contributed by atoms with Crippen molar-refractivity contribution in [3.8, 4) is 0 Å². The van der Waals surface area contributed by atoms with Crippen molar-refractivity contribution in [2.24, 2.45) is 0 Å². The zero-order valence-corrected chi connectivity index (χ0v) is 8.21. The van der Waals surface area contributed by atoms with Crippen LogP contribution >= 0.6 is 0 Å². The van der Waals surface area contributed by atoms with Gasteiger partial charge in [0.25, 0.3) is 0 Å². The summed E-state index contributed by atoms with van der Waals surface area (Å²) in [5.41, 5.74) is 2.03. The Labute approximate surface area is 79.0 Å². The maximum atomic E-state index is 11.0. The average molecular weight is 177 g/mol. The van der Waals surface area contributed by atoms with E-state index in [0.29, 0.717) is 18.6 Å². The molecular weight excluding hydrogens is 162 g/mol. The smallest absolute Gasteiger partial charge is 0.133 e. The second-order valence-electron chi connectivity index (χ2n) is 3.16. The van der Waals surface area contributed by atoms with Gasteiger partial charge in [0.15, 0.2) is 0 Å². The van der Waals surface area contributed by atoms with Crippen LogP contribution < -0.4 is 0 Å². The van der Waals surface area contributed by atoms with Gasteiger partial charge >= 0.3 is 0 Å². The summed E-state index contributed by atoms with van der Waals surface area (Å²) in [6, 6.07) is 5.91. The molecule has 1 aromatic heterocycles. The molecule has 0 atom stereocenters. The van der Waals surface area contributed by atoms with E-state index in [0.717, 1.165) is 17.8 Å². The molecule has 0 saturated heterocycles. The number of pyridine rings is 1. The van der Waals surface area contributed by atoms with Crippen LogP contribution in [0.4, 0.5) is 0 Å². The SMILES string of the molecule is CCC(=O)CCc1cccc(C)n1. The van der Waals surface area contributed by atoms with Gasteiger partial charge in [0.05, 0.1) is 0 Å². The van der Waals surface area contributed by atoms with Crippen molar-refractivity contribution in [2.45, 2.75) is 33.1 Å². The number of carbonyl (C=O) groups excluding carboxylic acids is 1. The lowest BCUT2D eigenvalue weighted by Crippen LogP contribution is -1.99. The number of ketones is 1. The zero-order chi connectivity index (χ0) is 9.68. The Morgan fingerprint density at radius 1 is 1.46 bits per heavy atom. The largest absolute Gasteiger partial charge is 0.300 e. The minimum atomic E-state index is 0.309. The van der Waals surface area contributed by atoms with Gasteiger partial charge in [0.2, 0.25) is 0 Å². The van der Waals surface area contributed by atoms with Gasteiger partial charge in [-0.2, -0.15) is 0 Å². The van der Waals surface area contributed by atoms with Gasteiger partial charge in [0.1, 0.15) is 5.78 Å². The normalized spacial score (nSPS) is 10.0. The molecule has 0 saturated carbocycles. The second kappa shape index (κ2) is 4.75. The monoisotopic (exact) mass is 177 g/mol. The molecule has 0 unspecified atom stereocenters. The first-order valence-electron chi connectivity index (χ1n) is 4.66. The molecule has 0 radical (unpaired) electrons. The molecule has 70 valence electrons. The molecule has 1 heterocycles. The van der Waals surface area contributed by atoms with Gasteiger partial charge in [-0.1, -0.05) is 13.0 Å². The molecular formula is C11H15NO. The van der Waals surface area contributed by atoms with Crippen LogP contribution in [0.2, 0.25) is 0 Å². The second-order valence-corrected chi connectivity index (χ2v) is 3.16. The van der Waals surface area contributed by atoms with E-state index in [1.807, 2.05) is 32.0 Å². The summed E-state index contributed by atoms with van der Waals surface area (Å²) < 4.78 is 0. The predicted octanol–water partition coefficient (Wildman–Crippen LogP) is 2.30. The first-order valence-corrected chi connectivity index (χ1v) is 4.66. The van der Waals surface area contributed by atoms with E-state index in [1.165, 1.54) is 0 Å². The molecule has 0 aromatic carbocycles. The molecule has 0 spiro atoms. The highest BCUT2D eigenvalue weighted by molar-refractivity contribution is 5.78. The molecule has 0 fully saturated rings. The summed E-state index contributed by atoms with van der Waals surface area (Å²) in [6.07, 6.45) is 2.02. The lowest BCUT2D eigenvalue weighted by molar-refractivity contribution is -0.118. The first kappa shape index (κ1) is 9.90. The van der Waals surface area contributed by atoms with Gasteiger partial charge in [-0.15, -0.1) is 0 Å². The van der Waals surface area contributed by atoms with Crippen LogP contribution in [0.25, 0.3) is 0 Å². The summed E-state index contributed by atoms with van der Waals surface area (Å²) >= 11 is 0. The molecule has 1 aromatic rings. The molecule has 0 amide bonds. The molecule has 0 aliphatic rings. The Balaban J connectivity index is 2.50. The number of carbonyl (C=O) groups is 1. The van der Waals surface area contributed by atoms with E-state index in [1.54, 1.807) is 0 Å². The lowest BCUT2D eigenvalue weighted by atomic mass is 10.1. The van der Waals surface area contributed by atoms with E-state index in [4.69, 9.17) is 0 Å². The highest BCUT2D eigenvalue weighted by Gasteiger charge is 2.00. The van der Waals surface area contributed by atoms with Gasteiger partial charge in [0, 0.05) is 24.2 Å². The van der Waals surface area contributed by atoms with Crippen LogP contribution in [-0.4, -0.2) is 10.8 Å². The number of aromatic nitrogens is 1. The van der Waals surface area contributed by atoms with Gasteiger partial charge in [-0.25, -0.2) is 0 Å². The third-order valence-electron chi connectivity index (χ3n) is 2.00. The van der Waals surface area contributed by atoms with Crippen LogP contribution in [-0.2, 0) is 11.2 Å². The molecule has 0 aliphatic heterocycles. The van der Waals surface area contributed by atoms with E-state index in [-0.39, 0.29) is 0 Å². The molecule has 0 aliphatic carbocycles. The Hall–Kier alpha value is -1.18. The third kappa shape index (κ3) is 3.36. The van der Waals surface area contributed by atoms with Crippen molar-refractivity contribution in [3.05, 3.63) is 29.6 Å². The lowest BCUT2D eigenvalue weighted by Gasteiger charge is -1.99. The number of aryl methyl sites for hydroxylation is 2. The maximum Gasteiger partial charge on any atom is 0.133 e. The van der Waals surface area contributed by atoms with Crippen molar-refractivity contribution in [1.82, 2.24) is 4.98 Å². The minimum Gasteiger partial charge on any atom is -0.300 e. The summed E-state index contributed by atoms with van der Waals surface area (Å²) in [6.45, 7) is 3.86. The number of rotatable bonds is 4. The Bertz CT molecular complexity index is 294. The van der Waals surface area contributed by atoms with Gasteiger partial charge < -0.3 is 0 Å². The summed E-state index contributed by atoms with van der Waals surface area (Å²) in [4.78, 5) is 15.4. The van der Waals surface area contributed by atoms with Crippen LogP contribution in [0, 0.1) is 6.92 Å². The van der Waals surface area contributed by atoms with Crippen LogP contribution in [0.3, 0.4) is 0 Å². The Morgan fingerprint density at radius 3 is 2.85 bits per heavy atom. The number of nitrogens with zero attached hydrogens (tertiary/aromatic N) is 1. The van der Waals surface area contributed by atoms with E-state index in [2.05, 4.69) is 4.98 Å². The number of Topliss-reactive ketones (excluding diaryl/α,β-unsaturated/α-hetero) is 1. The Kier molecular flexibility index (Phi) is 3.62. The molecule has 13 heavy (non-hydrogen) atoms. The maximum absolute atomic E-state index is 11.0. The van der Waals surface area contributed by atoms with Crippen LogP contribution in [0.5, 0.6) is 0 Å². The molecule has 2 nitrogen and oxygen atoms in total. The van der Waals surface area contributed by atoms with Crippen molar-refractivity contribution >= 4 is 5.78 Å². The average Bonchev–Trinajstić information content (AvgIpc) is 2.14.